The van der Waals surface area contributed by atoms with E-state index < -0.39 is 0 Å². The van der Waals surface area contributed by atoms with Crippen LogP contribution in [0.2, 0.25) is 0 Å². The molecule has 1 rings (SSSR count). The van der Waals surface area contributed by atoms with Gasteiger partial charge in [0, 0.05) is 16.7 Å². The van der Waals surface area contributed by atoms with Crippen molar-refractivity contribution in [2.24, 2.45) is 0 Å². The van der Waals surface area contributed by atoms with Crippen molar-refractivity contribution in [1.82, 2.24) is 4.98 Å². The lowest BCUT2D eigenvalue weighted by molar-refractivity contribution is 0.466. The Morgan fingerprint density at radius 2 is 2.36 bits per heavy atom. The molecule has 1 heterocycles. The molecule has 0 atom stereocenters. The quantitative estimate of drug-likeness (QED) is 0.508. The second kappa shape index (κ2) is 3.31. The van der Waals surface area contributed by atoms with Crippen LogP contribution in [0.5, 0.6) is 5.75 Å². The number of aromatic nitrogens is 1. The SMILES string of the molecule is C#CSc1cncc(O)c1C. The van der Waals surface area contributed by atoms with E-state index in [0.717, 1.165) is 10.5 Å². The molecule has 1 N–H and O–H groups in total. The third kappa shape index (κ3) is 1.66. The Morgan fingerprint density at radius 3 is 3.00 bits per heavy atom. The standard InChI is InChI=1S/C8H7NOS/c1-3-11-8-5-9-4-7(10)6(8)2/h1,4-5,10H,2H3. The zero-order valence-corrected chi connectivity index (χ0v) is 6.85. The molecule has 0 saturated heterocycles. The van der Waals surface area contributed by atoms with Crippen molar-refractivity contribution in [2.45, 2.75) is 11.8 Å². The molecule has 1 aromatic rings. The first kappa shape index (κ1) is 7.96. The third-order valence-corrected chi connectivity index (χ3v) is 2.06. The lowest BCUT2D eigenvalue weighted by Crippen LogP contribution is -1.81. The first-order chi connectivity index (χ1) is 5.25. The first-order valence-electron chi connectivity index (χ1n) is 3.01. The van der Waals surface area contributed by atoms with Crippen LogP contribution in [0, 0.1) is 18.6 Å². The average molecular weight is 165 g/mol. The van der Waals surface area contributed by atoms with E-state index in [1.54, 1.807) is 13.1 Å². The number of nitrogens with zero attached hydrogens (tertiary/aromatic N) is 1. The number of aromatic hydroxyl groups is 1. The van der Waals surface area contributed by atoms with Gasteiger partial charge in [-0.25, -0.2) is 0 Å². The van der Waals surface area contributed by atoms with Gasteiger partial charge in [-0.05, 0) is 23.9 Å². The van der Waals surface area contributed by atoms with Crippen LogP contribution >= 0.6 is 11.8 Å². The lowest BCUT2D eigenvalue weighted by Gasteiger charge is -2.00. The molecule has 0 aliphatic carbocycles. The van der Waals surface area contributed by atoms with Crippen LogP contribution in [0.25, 0.3) is 0 Å². The minimum atomic E-state index is 0.185. The summed E-state index contributed by atoms with van der Waals surface area (Å²) in [5.74, 6) is 0.185. The van der Waals surface area contributed by atoms with E-state index in [1.165, 1.54) is 18.0 Å². The van der Waals surface area contributed by atoms with Gasteiger partial charge < -0.3 is 5.11 Å². The number of hydrogen-bond donors (Lipinski definition) is 1. The summed E-state index contributed by atoms with van der Waals surface area (Å²) in [7, 11) is 0. The molecule has 0 aliphatic rings. The maximum Gasteiger partial charge on any atom is 0.137 e. The van der Waals surface area contributed by atoms with Gasteiger partial charge in [-0.1, -0.05) is 0 Å². The fourth-order valence-corrected chi connectivity index (χ4v) is 1.16. The van der Waals surface area contributed by atoms with Crippen LogP contribution in [0.3, 0.4) is 0 Å². The summed E-state index contributed by atoms with van der Waals surface area (Å²) in [5.41, 5.74) is 0.781. The number of pyridine rings is 1. The summed E-state index contributed by atoms with van der Waals surface area (Å²) >= 11 is 1.22. The van der Waals surface area contributed by atoms with Crippen LogP contribution in [-0.2, 0) is 0 Å². The fraction of sp³-hybridized carbons (Fsp3) is 0.125. The Hall–Kier alpha value is -1.14. The van der Waals surface area contributed by atoms with Gasteiger partial charge in [0.1, 0.15) is 5.75 Å². The van der Waals surface area contributed by atoms with Crippen molar-refractivity contribution in [3.63, 3.8) is 0 Å². The van der Waals surface area contributed by atoms with Gasteiger partial charge in [-0.2, -0.15) is 0 Å². The number of thioether (sulfide) groups is 1. The highest BCUT2D eigenvalue weighted by atomic mass is 32.2. The van der Waals surface area contributed by atoms with Gasteiger partial charge >= 0.3 is 0 Å². The lowest BCUT2D eigenvalue weighted by atomic mass is 10.3. The van der Waals surface area contributed by atoms with Gasteiger partial charge in [-0.15, -0.1) is 6.42 Å². The summed E-state index contributed by atoms with van der Waals surface area (Å²) in [4.78, 5) is 4.62. The van der Waals surface area contributed by atoms with Crippen molar-refractivity contribution < 1.29 is 5.11 Å². The highest BCUT2D eigenvalue weighted by Gasteiger charge is 2.01. The molecule has 0 unspecified atom stereocenters. The molecule has 0 radical (unpaired) electrons. The molecule has 0 spiro atoms. The summed E-state index contributed by atoms with van der Waals surface area (Å²) < 4.78 is 0. The smallest absolute Gasteiger partial charge is 0.137 e. The second-order valence-electron chi connectivity index (χ2n) is 2.00. The van der Waals surface area contributed by atoms with Crippen LogP contribution in [0.4, 0.5) is 0 Å². The van der Waals surface area contributed by atoms with E-state index in [-0.39, 0.29) is 5.75 Å². The minimum absolute atomic E-state index is 0.185. The Bertz CT molecular complexity index is 303. The van der Waals surface area contributed by atoms with Crippen molar-refractivity contribution in [1.29, 1.82) is 0 Å². The van der Waals surface area contributed by atoms with Crippen LogP contribution in [0.15, 0.2) is 17.3 Å². The summed E-state index contributed by atoms with van der Waals surface area (Å²) in [6.45, 7) is 1.80. The third-order valence-electron chi connectivity index (χ3n) is 1.31. The molecule has 0 fully saturated rings. The predicted octanol–water partition coefficient (Wildman–Crippen LogP) is 1.78. The number of terminal acetylenes is 1. The Morgan fingerprint density at radius 1 is 1.64 bits per heavy atom. The zero-order valence-electron chi connectivity index (χ0n) is 6.03. The highest BCUT2D eigenvalue weighted by Crippen LogP contribution is 2.25. The van der Waals surface area contributed by atoms with E-state index in [1.807, 2.05) is 0 Å². The number of hydrogen-bond acceptors (Lipinski definition) is 3. The molecule has 0 aromatic carbocycles. The van der Waals surface area contributed by atoms with Crippen LogP contribution in [-0.4, -0.2) is 10.1 Å². The molecule has 56 valence electrons. The second-order valence-corrected chi connectivity index (χ2v) is 2.88. The largest absolute Gasteiger partial charge is 0.506 e. The van der Waals surface area contributed by atoms with Crippen molar-refractivity contribution in [3.8, 4) is 17.4 Å². The fourth-order valence-electron chi connectivity index (χ4n) is 0.662. The minimum Gasteiger partial charge on any atom is -0.506 e. The summed E-state index contributed by atoms with van der Waals surface area (Å²) in [5, 5.41) is 11.6. The van der Waals surface area contributed by atoms with Gasteiger partial charge in [-0.3, -0.25) is 4.98 Å². The van der Waals surface area contributed by atoms with Crippen molar-refractivity contribution >= 4 is 11.8 Å². The molecule has 3 heteroatoms. The van der Waals surface area contributed by atoms with Gasteiger partial charge in [0.2, 0.25) is 0 Å². The molecule has 0 bridgehead atoms. The van der Waals surface area contributed by atoms with Gasteiger partial charge in [0.05, 0.1) is 6.20 Å². The maximum absolute atomic E-state index is 9.18. The van der Waals surface area contributed by atoms with E-state index >= 15 is 0 Å². The molecule has 0 amide bonds. The van der Waals surface area contributed by atoms with Crippen LogP contribution < -0.4 is 0 Å². The predicted molar refractivity (Wildman–Crippen MR) is 45.3 cm³/mol. The normalized spacial score (nSPS) is 9.09. The van der Waals surface area contributed by atoms with E-state index in [2.05, 4.69) is 10.2 Å². The molecule has 1 aromatic heterocycles. The van der Waals surface area contributed by atoms with Gasteiger partial charge in [0.25, 0.3) is 0 Å². The highest BCUT2D eigenvalue weighted by molar-refractivity contribution is 8.04. The number of rotatable bonds is 1. The molecule has 0 aliphatic heterocycles. The van der Waals surface area contributed by atoms with E-state index in [4.69, 9.17) is 6.42 Å². The van der Waals surface area contributed by atoms with Crippen molar-refractivity contribution in [2.75, 3.05) is 0 Å². The molecule has 0 saturated carbocycles. The molecular weight excluding hydrogens is 158 g/mol. The van der Waals surface area contributed by atoms with Crippen molar-refractivity contribution in [3.05, 3.63) is 18.0 Å². The summed E-state index contributed by atoms with van der Waals surface area (Å²) in [6, 6.07) is 0. The zero-order chi connectivity index (χ0) is 8.27. The van der Waals surface area contributed by atoms with Crippen LogP contribution in [0.1, 0.15) is 5.56 Å². The average Bonchev–Trinajstić information content (AvgIpc) is 1.99. The first-order valence-corrected chi connectivity index (χ1v) is 3.83. The Labute approximate surface area is 69.7 Å². The maximum atomic E-state index is 9.18. The van der Waals surface area contributed by atoms with E-state index in [0.29, 0.717) is 0 Å². The van der Waals surface area contributed by atoms with Gasteiger partial charge in [0.15, 0.2) is 0 Å². The molecular formula is C8H7NOS. The topological polar surface area (TPSA) is 33.1 Å². The monoisotopic (exact) mass is 165 g/mol. The summed E-state index contributed by atoms with van der Waals surface area (Å²) in [6.07, 6.45) is 8.12. The molecule has 11 heavy (non-hydrogen) atoms. The van der Waals surface area contributed by atoms with E-state index in [9.17, 15) is 5.11 Å². The molecule has 2 nitrogen and oxygen atoms in total. The Balaban J connectivity index is 3.08. The Kier molecular flexibility index (Phi) is 2.40.